The van der Waals surface area contributed by atoms with Gasteiger partial charge in [0.15, 0.2) is 5.96 Å². The fourth-order valence-electron chi connectivity index (χ4n) is 3.49. The Balaban J connectivity index is 1.73. The van der Waals surface area contributed by atoms with E-state index in [0.29, 0.717) is 6.54 Å². The van der Waals surface area contributed by atoms with Crippen LogP contribution in [0.5, 0.6) is 5.75 Å². The normalized spacial score (nSPS) is 16.6. The molecule has 28 heavy (non-hydrogen) atoms. The van der Waals surface area contributed by atoms with Crippen molar-refractivity contribution in [2.45, 2.75) is 38.6 Å². The molecule has 1 aromatic heterocycles. The molecule has 1 aliphatic heterocycles. The monoisotopic (exact) mass is 402 g/mol. The Bertz CT molecular complexity index is 767. The molecule has 2 aromatic rings. The van der Waals surface area contributed by atoms with Crippen molar-refractivity contribution in [2.24, 2.45) is 4.99 Å². The number of aliphatic imine (C=N–C) groups is 1. The van der Waals surface area contributed by atoms with Crippen molar-refractivity contribution >= 4 is 17.3 Å². The summed E-state index contributed by atoms with van der Waals surface area (Å²) in [4.78, 5) is 10.3. The van der Waals surface area contributed by atoms with Gasteiger partial charge in [0.05, 0.1) is 13.7 Å². The Morgan fingerprint density at radius 3 is 2.61 bits per heavy atom. The first-order valence-electron chi connectivity index (χ1n) is 9.81. The number of nitrogens with one attached hydrogen (secondary N) is 2. The minimum absolute atomic E-state index is 0.0263. The topological polar surface area (TPSA) is 67.8 Å². The van der Waals surface area contributed by atoms with Gasteiger partial charge in [0, 0.05) is 42.8 Å². The van der Waals surface area contributed by atoms with Gasteiger partial charge >= 0.3 is 0 Å². The van der Waals surface area contributed by atoms with Crippen LogP contribution < -0.4 is 15.4 Å². The second-order valence-corrected chi connectivity index (χ2v) is 8.35. The minimum atomic E-state index is 0.0263. The van der Waals surface area contributed by atoms with Crippen LogP contribution in [0.25, 0.3) is 0 Å². The molecule has 2 N–H and O–H groups in total. The summed E-state index contributed by atoms with van der Waals surface area (Å²) in [5.74, 6) is 1.71. The van der Waals surface area contributed by atoms with Gasteiger partial charge in [-0.3, -0.25) is 0 Å². The quantitative estimate of drug-likeness (QED) is 0.550. The molecule has 1 saturated heterocycles. The second-order valence-electron chi connectivity index (χ2n) is 7.03. The lowest BCUT2D eigenvalue weighted by molar-refractivity contribution is 0.0513. The molecule has 0 saturated carbocycles. The van der Waals surface area contributed by atoms with Crippen LogP contribution in [-0.2, 0) is 16.7 Å². The van der Waals surface area contributed by atoms with Gasteiger partial charge in [-0.25, -0.2) is 9.98 Å². The first-order chi connectivity index (χ1) is 13.6. The summed E-state index contributed by atoms with van der Waals surface area (Å²) in [5.41, 5.74) is 1.34. The molecule has 1 aliphatic rings. The lowest BCUT2D eigenvalue weighted by atomic mass is 9.74. The number of aromatic nitrogens is 1. The van der Waals surface area contributed by atoms with E-state index in [4.69, 9.17) is 14.5 Å². The van der Waals surface area contributed by atoms with E-state index >= 15 is 0 Å². The maximum Gasteiger partial charge on any atom is 0.191 e. The molecule has 0 radical (unpaired) electrons. The Labute approximate surface area is 171 Å². The third-order valence-corrected chi connectivity index (χ3v) is 6.03. The van der Waals surface area contributed by atoms with E-state index in [2.05, 4.69) is 41.6 Å². The summed E-state index contributed by atoms with van der Waals surface area (Å²) >= 11 is 1.69. The Morgan fingerprint density at radius 2 is 2.00 bits per heavy atom. The van der Waals surface area contributed by atoms with E-state index in [-0.39, 0.29) is 5.41 Å². The van der Waals surface area contributed by atoms with Gasteiger partial charge in [-0.05, 0) is 44.4 Å². The van der Waals surface area contributed by atoms with E-state index in [1.54, 1.807) is 18.4 Å². The van der Waals surface area contributed by atoms with E-state index in [0.717, 1.165) is 55.9 Å². The molecule has 0 atom stereocenters. The van der Waals surface area contributed by atoms with Crippen molar-refractivity contribution in [2.75, 3.05) is 33.4 Å². The first-order valence-corrected chi connectivity index (χ1v) is 10.6. The number of hydrogen-bond donors (Lipinski definition) is 2. The Morgan fingerprint density at radius 1 is 1.25 bits per heavy atom. The zero-order chi connectivity index (χ0) is 19.8. The number of guanidine groups is 1. The molecule has 0 amide bonds. The number of nitrogens with zero attached hydrogens (tertiary/aromatic N) is 2. The minimum Gasteiger partial charge on any atom is -0.497 e. The highest BCUT2D eigenvalue weighted by atomic mass is 32.1. The number of rotatable bonds is 7. The van der Waals surface area contributed by atoms with E-state index in [1.165, 1.54) is 10.4 Å². The summed E-state index contributed by atoms with van der Waals surface area (Å²) < 4.78 is 11.0. The smallest absolute Gasteiger partial charge is 0.191 e. The fraction of sp³-hybridized carbons (Fsp3) is 0.524. The van der Waals surface area contributed by atoms with Gasteiger partial charge in [0.25, 0.3) is 0 Å². The maximum absolute atomic E-state index is 5.65. The largest absolute Gasteiger partial charge is 0.497 e. The van der Waals surface area contributed by atoms with Gasteiger partial charge in [0.2, 0.25) is 0 Å². The van der Waals surface area contributed by atoms with Crippen LogP contribution in [0.1, 0.15) is 35.2 Å². The molecular weight excluding hydrogens is 372 g/mol. The van der Waals surface area contributed by atoms with Crippen molar-refractivity contribution in [1.82, 2.24) is 15.6 Å². The van der Waals surface area contributed by atoms with Gasteiger partial charge in [-0.2, -0.15) is 0 Å². The molecule has 7 heteroatoms. The predicted molar refractivity (Wildman–Crippen MR) is 114 cm³/mol. The first kappa shape index (κ1) is 20.6. The fourth-order valence-corrected chi connectivity index (χ4v) is 4.20. The molecule has 2 heterocycles. The highest BCUT2D eigenvalue weighted by Crippen LogP contribution is 2.35. The van der Waals surface area contributed by atoms with Gasteiger partial charge in [-0.1, -0.05) is 12.1 Å². The molecule has 1 fully saturated rings. The Kier molecular flexibility index (Phi) is 7.28. The summed E-state index contributed by atoms with van der Waals surface area (Å²) in [6, 6.07) is 8.43. The standard InChI is InChI=1S/C21H30N4O2S/c1-4-22-20(24-14-19-23-13-16(2)28-19)25-15-21(9-11-27-12-10-21)17-5-7-18(26-3)8-6-17/h5-8,13H,4,9-12,14-15H2,1-3H3,(H2,22,24,25). The molecular formula is C21H30N4O2S. The SMILES string of the molecule is CCNC(=NCc1ncc(C)s1)NCC1(c2ccc(OC)cc2)CCOCC1. The zero-order valence-electron chi connectivity index (χ0n) is 17.0. The van der Waals surface area contributed by atoms with Crippen LogP contribution >= 0.6 is 11.3 Å². The average molecular weight is 403 g/mol. The van der Waals surface area contributed by atoms with Crippen molar-refractivity contribution in [3.05, 3.63) is 45.9 Å². The predicted octanol–water partition coefficient (Wildman–Crippen LogP) is 3.26. The van der Waals surface area contributed by atoms with Crippen molar-refractivity contribution in [3.8, 4) is 5.75 Å². The van der Waals surface area contributed by atoms with Crippen molar-refractivity contribution in [3.63, 3.8) is 0 Å². The maximum atomic E-state index is 5.65. The number of hydrogen-bond acceptors (Lipinski definition) is 5. The number of methoxy groups -OCH3 is 1. The second kappa shape index (κ2) is 9.89. The molecule has 3 rings (SSSR count). The Hall–Kier alpha value is -2.12. The molecule has 0 bridgehead atoms. The molecule has 152 valence electrons. The lowest BCUT2D eigenvalue weighted by Crippen LogP contribution is -2.48. The van der Waals surface area contributed by atoms with E-state index in [1.807, 2.05) is 18.3 Å². The van der Waals surface area contributed by atoms with Crippen molar-refractivity contribution < 1.29 is 9.47 Å². The number of thiazole rings is 1. The summed E-state index contributed by atoms with van der Waals surface area (Å²) in [6.07, 6.45) is 3.87. The summed E-state index contributed by atoms with van der Waals surface area (Å²) in [7, 11) is 1.70. The van der Waals surface area contributed by atoms with Crippen LogP contribution in [0.15, 0.2) is 35.5 Å². The van der Waals surface area contributed by atoms with E-state index in [9.17, 15) is 0 Å². The van der Waals surface area contributed by atoms with Gasteiger partial charge in [0.1, 0.15) is 10.8 Å². The number of ether oxygens (including phenoxy) is 2. The van der Waals surface area contributed by atoms with Crippen LogP contribution in [0.2, 0.25) is 0 Å². The van der Waals surface area contributed by atoms with Crippen LogP contribution in [0, 0.1) is 6.92 Å². The average Bonchev–Trinajstić information content (AvgIpc) is 3.16. The van der Waals surface area contributed by atoms with Crippen LogP contribution in [0.4, 0.5) is 0 Å². The van der Waals surface area contributed by atoms with Crippen LogP contribution in [-0.4, -0.2) is 44.4 Å². The molecule has 0 spiro atoms. The van der Waals surface area contributed by atoms with E-state index < -0.39 is 0 Å². The number of benzene rings is 1. The highest BCUT2D eigenvalue weighted by Gasteiger charge is 2.34. The van der Waals surface area contributed by atoms with Gasteiger partial charge in [-0.15, -0.1) is 11.3 Å². The summed E-state index contributed by atoms with van der Waals surface area (Å²) in [6.45, 7) is 7.93. The number of aryl methyl sites for hydroxylation is 1. The summed E-state index contributed by atoms with van der Waals surface area (Å²) in [5, 5.41) is 7.95. The third-order valence-electron chi connectivity index (χ3n) is 5.13. The third kappa shape index (κ3) is 5.23. The highest BCUT2D eigenvalue weighted by molar-refractivity contribution is 7.11. The van der Waals surface area contributed by atoms with Crippen molar-refractivity contribution in [1.29, 1.82) is 0 Å². The lowest BCUT2D eigenvalue weighted by Gasteiger charge is -2.38. The molecule has 1 aromatic carbocycles. The molecule has 0 unspecified atom stereocenters. The molecule has 6 nitrogen and oxygen atoms in total. The van der Waals surface area contributed by atoms with Gasteiger partial charge < -0.3 is 20.1 Å². The zero-order valence-corrected chi connectivity index (χ0v) is 17.8. The van der Waals surface area contributed by atoms with Crippen LogP contribution in [0.3, 0.4) is 0 Å². The molecule has 0 aliphatic carbocycles.